The third-order valence-corrected chi connectivity index (χ3v) is 3.79. The van der Waals surface area contributed by atoms with Crippen LogP contribution in [-0.2, 0) is 15.1 Å². The van der Waals surface area contributed by atoms with E-state index in [1.165, 1.54) is 0 Å². The molecule has 11 heteroatoms. The van der Waals surface area contributed by atoms with E-state index in [4.69, 9.17) is 5.73 Å². The van der Waals surface area contributed by atoms with Gasteiger partial charge in [-0.25, -0.2) is 27.5 Å². The summed E-state index contributed by atoms with van der Waals surface area (Å²) >= 11 is 0. The molecule has 3 aromatic rings. The first kappa shape index (κ1) is 17.4. The van der Waals surface area contributed by atoms with Gasteiger partial charge in [-0.15, -0.1) is 0 Å². The van der Waals surface area contributed by atoms with Crippen molar-refractivity contribution in [3.05, 3.63) is 57.8 Å². The van der Waals surface area contributed by atoms with E-state index in [1.807, 2.05) is 0 Å². The number of aliphatic carboxylic acids is 1. The van der Waals surface area contributed by atoms with Gasteiger partial charge < -0.3 is 15.6 Å². The lowest BCUT2D eigenvalue weighted by atomic mass is 9.92. The SMILES string of the molecule is NC(C=O)(C(=O)O)c1c(=O)cc(-c2cc(F)cc(F)c2F)n2[nH]cnc12. The van der Waals surface area contributed by atoms with Crippen LogP contribution in [0.1, 0.15) is 5.56 Å². The molecule has 0 amide bonds. The molecule has 0 aliphatic rings. The predicted molar refractivity (Wildman–Crippen MR) is 80.7 cm³/mol. The Morgan fingerprint density at radius 3 is 2.62 bits per heavy atom. The molecular weight excluding hydrogens is 357 g/mol. The minimum Gasteiger partial charge on any atom is -0.479 e. The molecule has 8 nitrogen and oxygen atoms in total. The van der Waals surface area contributed by atoms with Gasteiger partial charge in [0.05, 0.1) is 11.3 Å². The van der Waals surface area contributed by atoms with Gasteiger partial charge in [0.2, 0.25) is 5.54 Å². The van der Waals surface area contributed by atoms with E-state index in [-0.39, 0.29) is 12.0 Å². The highest BCUT2D eigenvalue weighted by atomic mass is 19.2. The van der Waals surface area contributed by atoms with E-state index < -0.39 is 51.2 Å². The molecule has 0 saturated carbocycles. The van der Waals surface area contributed by atoms with E-state index in [2.05, 4.69) is 10.1 Å². The van der Waals surface area contributed by atoms with Gasteiger partial charge in [0.25, 0.3) is 0 Å². The number of aromatic amines is 1. The van der Waals surface area contributed by atoms with Gasteiger partial charge in [-0.3, -0.25) is 9.89 Å². The Kier molecular flexibility index (Phi) is 3.88. The first-order valence-electron chi connectivity index (χ1n) is 6.94. The number of carbonyl (C=O) groups is 2. The van der Waals surface area contributed by atoms with Crippen LogP contribution in [0.25, 0.3) is 16.9 Å². The number of carbonyl (C=O) groups excluding carboxylic acids is 1. The van der Waals surface area contributed by atoms with Crippen molar-refractivity contribution in [1.29, 1.82) is 0 Å². The maximum Gasteiger partial charge on any atom is 0.336 e. The number of halogens is 3. The van der Waals surface area contributed by atoms with Crippen LogP contribution in [0.5, 0.6) is 0 Å². The fourth-order valence-corrected chi connectivity index (χ4v) is 2.54. The number of carboxylic acid groups (broad SMARTS) is 1. The zero-order chi connectivity index (χ0) is 19.2. The average molecular weight is 366 g/mol. The van der Waals surface area contributed by atoms with Gasteiger partial charge in [-0.2, -0.15) is 0 Å². The van der Waals surface area contributed by atoms with Gasteiger partial charge in [0, 0.05) is 17.7 Å². The summed E-state index contributed by atoms with van der Waals surface area (Å²) in [6.07, 6.45) is 0.852. The summed E-state index contributed by atoms with van der Waals surface area (Å²) < 4.78 is 42.0. The number of carboxylic acids is 1. The summed E-state index contributed by atoms with van der Waals surface area (Å²) in [4.78, 5) is 38.8. The molecule has 2 aromatic heterocycles. The number of nitrogens with one attached hydrogen (secondary N) is 1. The molecule has 0 radical (unpaired) electrons. The normalized spacial score (nSPS) is 13.5. The molecular formula is C15H9F3N4O4. The fourth-order valence-electron chi connectivity index (χ4n) is 2.54. The van der Waals surface area contributed by atoms with Crippen molar-refractivity contribution in [3.63, 3.8) is 0 Å². The van der Waals surface area contributed by atoms with Crippen molar-refractivity contribution in [2.75, 3.05) is 0 Å². The van der Waals surface area contributed by atoms with Crippen molar-refractivity contribution in [2.24, 2.45) is 5.73 Å². The lowest BCUT2D eigenvalue weighted by molar-refractivity contribution is -0.145. The quantitative estimate of drug-likeness (QED) is 0.351. The number of H-pyrrole nitrogens is 1. The molecule has 3 rings (SSSR count). The number of rotatable bonds is 4. The van der Waals surface area contributed by atoms with Gasteiger partial charge >= 0.3 is 5.97 Å². The summed E-state index contributed by atoms with van der Waals surface area (Å²) in [5.74, 6) is -5.84. The van der Waals surface area contributed by atoms with E-state index in [1.54, 1.807) is 0 Å². The number of nitrogens with two attached hydrogens (primary N) is 1. The van der Waals surface area contributed by atoms with Gasteiger partial charge in [-0.05, 0) is 6.07 Å². The average Bonchev–Trinajstić information content (AvgIpc) is 3.05. The standard InChI is InChI=1S/C15H9F3N4O4/c16-6-1-7(12(18)8(17)2-6)9-3-10(24)11(13-20-5-21-22(9)13)15(19,4-23)14(25)26/h1-5H,19H2,(H,20,21)(H,25,26). The molecule has 0 aliphatic carbocycles. The Bertz CT molecular complexity index is 1120. The van der Waals surface area contributed by atoms with Crippen LogP contribution in [0, 0.1) is 17.5 Å². The number of aromatic nitrogens is 3. The second-order valence-electron chi connectivity index (χ2n) is 5.36. The lowest BCUT2D eigenvalue weighted by Crippen LogP contribution is -2.50. The number of hydrogen-bond donors (Lipinski definition) is 3. The molecule has 0 aliphatic heterocycles. The highest BCUT2D eigenvalue weighted by Crippen LogP contribution is 2.27. The molecule has 4 N–H and O–H groups in total. The Balaban J connectivity index is 2.44. The molecule has 26 heavy (non-hydrogen) atoms. The zero-order valence-electron chi connectivity index (χ0n) is 12.7. The Labute approximate surface area is 141 Å². The lowest BCUT2D eigenvalue weighted by Gasteiger charge is -2.18. The first-order valence-corrected chi connectivity index (χ1v) is 6.94. The molecule has 1 atom stereocenters. The molecule has 0 saturated heterocycles. The molecule has 0 fully saturated rings. The van der Waals surface area contributed by atoms with Crippen LogP contribution in [0.3, 0.4) is 0 Å². The van der Waals surface area contributed by atoms with E-state index in [0.717, 1.165) is 10.8 Å². The Morgan fingerprint density at radius 2 is 2.00 bits per heavy atom. The summed E-state index contributed by atoms with van der Waals surface area (Å²) in [7, 11) is 0. The summed E-state index contributed by atoms with van der Waals surface area (Å²) in [6.45, 7) is 0. The number of nitrogens with zero attached hydrogens (tertiary/aromatic N) is 2. The highest BCUT2D eigenvalue weighted by molar-refractivity contribution is 5.99. The number of fused-ring (bicyclic) bond motifs is 1. The van der Waals surface area contributed by atoms with E-state index >= 15 is 0 Å². The van der Waals surface area contributed by atoms with Crippen LogP contribution >= 0.6 is 0 Å². The third kappa shape index (κ3) is 2.37. The third-order valence-electron chi connectivity index (χ3n) is 3.79. The van der Waals surface area contributed by atoms with Crippen molar-refractivity contribution in [1.82, 2.24) is 14.6 Å². The second-order valence-corrected chi connectivity index (χ2v) is 5.36. The number of aldehydes is 1. The number of hydrogen-bond acceptors (Lipinski definition) is 5. The first-order chi connectivity index (χ1) is 12.2. The number of pyridine rings is 1. The van der Waals surface area contributed by atoms with Crippen LogP contribution in [0.4, 0.5) is 13.2 Å². The zero-order valence-corrected chi connectivity index (χ0v) is 12.7. The summed E-state index contributed by atoms with van der Waals surface area (Å²) in [6, 6.07) is 1.67. The summed E-state index contributed by atoms with van der Waals surface area (Å²) in [5.41, 5.74) is -0.335. The summed E-state index contributed by atoms with van der Waals surface area (Å²) in [5, 5.41) is 11.7. The van der Waals surface area contributed by atoms with Gasteiger partial charge in [0.1, 0.15) is 12.1 Å². The van der Waals surface area contributed by atoms with E-state index in [0.29, 0.717) is 18.2 Å². The molecule has 0 spiro atoms. The van der Waals surface area contributed by atoms with Gasteiger partial charge in [-0.1, -0.05) is 0 Å². The molecule has 1 aromatic carbocycles. The van der Waals surface area contributed by atoms with Crippen molar-refractivity contribution >= 4 is 17.9 Å². The molecule has 134 valence electrons. The minimum atomic E-state index is -2.72. The van der Waals surface area contributed by atoms with Crippen molar-refractivity contribution in [2.45, 2.75) is 5.54 Å². The smallest absolute Gasteiger partial charge is 0.336 e. The van der Waals surface area contributed by atoms with E-state index in [9.17, 15) is 32.7 Å². The van der Waals surface area contributed by atoms with Crippen LogP contribution in [0.2, 0.25) is 0 Å². The topological polar surface area (TPSA) is 131 Å². The van der Waals surface area contributed by atoms with Crippen molar-refractivity contribution < 1.29 is 27.9 Å². The maximum absolute atomic E-state index is 14.1. The highest BCUT2D eigenvalue weighted by Gasteiger charge is 2.41. The largest absolute Gasteiger partial charge is 0.479 e. The molecule has 0 bridgehead atoms. The monoisotopic (exact) mass is 366 g/mol. The Hall–Kier alpha value is -3.47. The molecule has 1 unspecified atom stereocenters. The second kappa shape index (κ2) is 5.81. The van der Waals surface area contributed by atoms with Gasteiger partial charge in [0.15, 0.2) is 29.0 Å². The van der Waals surface area contributed by atoms with Crippen LogP contribution < -0.4 is 11.2 Å². The fraction of sp³-hybridized carbons (Fsp3) is 0.0667. The predicted octanol–water partition coefficient (Wildman–Crippen LogP) is 0.544. The molecule has 2 heterocycles. The number of benzene rings is 1. The van der Waals surface area contributed by atoms with Crippen LogP contribution in [0.15, 0.2) is 29.3 Å². The van der Waals surface area contributed by atoms with Crippen LogP contribution in [-0.4, -0.2) is 32.0 Å². The minimum absolute atomic E-state index is 0.150. The Morgan fingerprint density at radius 1 is 1.31 bits per heavy atom. The van der Waals surface area contributed by atoms with Crippen molar-refractivity contribution in [3.8, 4) is 11.3 Å². The maximum atomic E-state index is 14.1.